The van der Waals surface area contributed by atoms with Crippen LogP contribution in [0.2, 0.25) is 0 Å². The number of rotatable bonds is 6. The average Bonchev–Trinajstić information content (AvgIpc) is 1.93. The Bertz CT molecular complexity index is 154. The minimum absolute atomic E-state index is 0.0231. The second-order valence-corrected chi connectivity index (χ2v) is 2.77. The molecular weight excluding hydrogens is 182 g/mol. The highest BCUT2D eigenvalue weighted by Crippen LogP contribution is 2.15. The van der Waals surface area contributed by atoms with Crippen LogP contribution in [0, 0.1) is 0 Å². The Morgan fingerprint density at radius 3 is 2.38 bits per heavy atom. The second kappa shape index (κ2) is 5.85. The summed E-state index contributed by atoms with van der Waals surface area (Å²) >= 11 is 0. The molecule has 0 fully saturated rings. The maximum Gasteiger partial charge on any atom is 0.302 e. The number of esters is 1. The first-order valence-corrected chi connectivity index (χ1v) is 4.01. The van der Waals surface area contributed by atoms with Gasteiger partial charge in [-0.2, -0.15) is 0 Å². The quantitative estimate of drug-likeness (QED) is 0.478. The maximum absolute atomic E-state index is 12.2. The van der Waals surface area contributed by atoms with E-state index in [0.29, 0.717) is 0 Å². The lowest BCUT2D eigenvalue weighted by Crippen LogP contribution is -2.15. The van der Waals surface area contributed by atoms with Crippen molar-refractivity contribution in [2.45, 2.75) is 26.2 Å². The largest absolute Gasteiger partial charge is 0.463 e. The summed E-state index contributed by atoms with van der Waals surface area (Å²) in [6.07, 6.45) is -0.312. The maximum atomic E-state index is 12.2. The van der Waals surface area contributed by atoms with Gasteiger partial charge in [-0.1, -0.05) is 0 Å². The smallest absolute Gasteiger partial charge is 0.302 e. The first-order chi connectivity index (χ1) is 5.92. The van der Waals surface area contributed by atoms with E-state index in [0.717, 1.165) is 6.92 Å². The van der Waals surface area contributed by atoms with E-state index in [9.17, 15) is 13.6 Å². The van der Waals surface area contributed by atoms with Gasteiger partial charge in [0.15, 0.2) is 0 Å². The summed E-state index contributed by atoms with van der Waals surface area (Å²) < 4.78 is 33.7. The molecular formula is C8H14F2O3. The van der Waals surface area contributed by atoms with Crippen molar-refractivity contribution in [3.63, 3.8) is 0 Å². The third kappa shape index (κ3) is 11.3. The Morgan fingerprint density at radius 2 is 1.92 bits per heavy atom. The van der Waals surface area contributed by atoms with Crippen molar-refractivity contribution in [2.75, 3.05) is 19.8 Å². The molecule has 0 atom stereocenters. The standard InChI is InChI=1S/C8H14F2O3/c1-7(11)13-6-5-12-4-3-8(2,9)10/h3-6H2,1-2H3. The summed E-state index contributed by atoms with van der Waals surface area (Å²) in [6.45, 7) is 2.37. The molecule has 13 heavy (non-hydrogen) atoms. The SMILES string of the molecule is CC(=O)OCCOCCC(C)(F)F. The molecule has 0 aromatic rings. The molecule has 0 bridgehead atoms. The van der Waals surface area contributed by atoms with Gasteiger partial charge in [0, 0.05) is 13.3 Å². The molecule has 0 aromatic heterocycles. The van der Waals surface area contributed by atoms with Gasteiger partial charge < -0.3 is 9.47 Å². The van der Waals surface area contributed by atoms with E-state index in [-0.39, 0.29) is 26.2 Å². The van der Waals surface area contributed by atoms with Crippen LogP contribution in [0.3, 0.4) is 0 Å². The molecule has 0 aliphatic rings. The van der Waals surface area contributed by atoms with Crippen LogP contribution >= 0.6 is 0 Å². The molecule has 0 N–H and O–H groups in total. The Hall–Kier alpha value is -0.710. The van der Waals surface area contributed by atoms with E-state index in [2.05, 4.69) is 4.74 Å². The van der Waals surface area contributed by atoms with Crippen LogP contribution in [0.4, 0.5) is 8.78 Å². The zero-order valence-corrected chi connectivity index (χ0v) is 7.81. The Balaban J connectivity index is 3.13. The fraction of sp³-hybridized carbons (Fsp3) is 0.875. The van der Waals surface area contributed by atoms with E-state index in [1.807, 2.05) is 0 Å². The molecule has 0 spiro atoms. The summed E-state index contributed by atoms with van der Waals surface area (Å²) in [5.74, 6) is -3.09. The first kappa shape index (κ1) is 12.3. The van der Waals surface area contributed by atoms with Crippen molar-refractivity contribution in [2.24, 2.45) is 0 Å². The van der Waals surface area contributed by atoms with Crippen LogP contribution in [0.5, 0.6) is 0 Å². The molecule has 0 heterocycles. The Labute approximate surface area is 76.0 Å². The highest BCUT2D eigenvalue weighted by Gasteiger charge is 2.19. The molecule has 0 radical (unpaired) electrons. The lowest BCUT2D eigenvalue weighted by atomic mass is 10.3. The van der Waals surface area contributed by atoms with E-state index >= 15 is 0 Å². The fourth-order valence-electron chi connectivity index (χ4n) is 0.598. The van der Waals surface area contributed by atoms with Gasteiger partial charge in [0.2, 0.25) is 5.92 Å². The number of hydrogen-bond acceptors (Lipinski definition) is 3. The van der Waals surface area contributed by atoms with Crippen molar-refractivity contribution in [1.82, 2.24) is 0 Å². The highest BCUT2D eigenvalue weighted by molar-refractivity contribution is 5.65. The van der Waals surface area contributed by atoms with Crippen LogP contribution in [-0.4, -0.2) is 31.7 Å². The predicted molar refractivity (Wildman–Crippen MR) is 42.7 cm³/mol. The van der Waals surface area contributed by atoms with Gasteiger partial charge in [0.1, 0.15) is 6.61 Å². The van der Waals surface area contributed by atoms with Crippen LogP contribution < -0.4 is 0 Å². The summed E-state index contributed by atoms with van der Waals surface area (Å²) in [5.41, 5.74) is 0. The van der Waals surface area contributed by atoms with E-state index in [4.69, 9.17) is 4.74 Å². The zero-order chi connectivity index (χ0) is 10.3. The van der Waals surface area contributed by atoms with Crippen molar-refractivity contribution >= 4 is 5.97 Å². The average molecular weight is 196 g/mol. The van der Waals surface area contributed by atoms with Gasteiger partial charge in [0.05, 0.1) is 13.2 Å². The molecule has 3 nitrogen and oxygen atoms in total. The minimum atomic E-state index is -2.69. The third-order valence-corrected chi connectivity index (χ3v) is 1.22. The van der Waals surface area contributed by atoms with Crippen molar-refractivity contribution in [3.05, 3.63) is 0 Å². The number of carbonyl (C=O) groups is 1. The Kier molecular flexibility index (Phi) is 5.53. The molecule has 78 valence electrons. The molecule has 0 aromatic carbocycles. The minimum Gasteiger partial charge on any atom is -0.463 e. The zero-order valence-electron chi connectivity index (χ0n) is 7.81. The molecule has 0 aliphatic heterocycles. The highest BCUT2D eigenvalue weighted by atomic mass is 19.3. The first-order valence-electron chi connectivity index (χ1n) is 4.01. The van der Waals surface area contributed by atoms with Gasteiger partial charge in [0.25, 0.3) is 0 Å². The van der Waals surface area contributed by atoms with E-state index < -0.39 is 11.9 Å². The van der Waals surface area contributed by atoms with Gasteiger partial charge in [-0.05, 0) is 6.92 Å². The molecule has 0 aliphatic carbocycles. The van der Waals surface area contributed by atoms with Crippen LogP contribution in [0.25, 0.3) is 0 Å². The normalized spacial score (nSPS) is 11.4. The van der Waals surface area contributed by atoms with E-state index in [1.165, 1.54) is 6.92 Å². The molecule has 0 saturated heterocycles. The Morgan fingerprint density at radius 1 is 1.31 bits per heavy atom. The van der Waals surface area contributed by atoms with Gasteiger partial charge in [-0.25, -0.2) is 8.78 Å². The number of ether oxygens (including phenoxy) is 2. The number of halogens is 2. The summed E-state index contributed by atoms with van der Waals surface area (Å²) in [5, 5.41) is 0. The summed E-state index contributed by atoms with van der Waals surface area (Å²) in [7, 11) is 0. The third-order valence-electron chi connectivity index (χ3n) is 1.22. The fourth-order valence-corrected chi connectivity index (χ4v) is 0.598. The van der Waals surface area contributed by atoms with Crippen molar-refractivity contribution in [3.8, 4) is 0 Å². The molecule has 5 heteroatoms. The number of carbonyl (C=O) groups excluding carboxylic acids is 1. The summed E-state index contributed by atoms with van der Waals surface area (Å²) in [4.78, 5) is 10.2. The van der Waals surface area contributed by atoms with Gasteiger partial charge >= 0.3 is 5.97 Å². The predicted octanol–water partition coefficient (Wildman–Crippen LogP) is 1.61. The topological polar surface area (TPSA) is 35.5 Å². The summed E-state index contributed by atoms with van der Waals surface area (Å²) in [6, 6.07) is 0. The molecule has 0 rings (SSSR count). The van der Waals surface area contributed by atoms with Crippen LogP contribution in [0.1, 0.15) is 20.3 Å². The van der Waals surface area contributed by atoms with Crippen molar-refractivity contribution in [1.29, 1.82) is 0 Å². The lowest BCUT2D eigenvalue weighted by Gasteiger charge is -2.09. The van der Waals surface area contributed by atoms with Crippen molar-refractivity contribution < 1.29 is 23.0 Å². The molecule has 0 unspecified atom stereocenters. The molecule has 0 amide bonds. The lowest BCUT2D eigenvalue weighted by molar-refractivity contribution is -0.142. The number of alkyl halides is 2. The van der Waals surface area contributed by atoms with E-state index in [1.54, 1.807) is 0 Å². The van der Waals surface area contributed by atoms with Crippen LogP contribution in [-0.2, 0) is 14.3 Å². The molecule has 0 saturated carbocycles. The number of hydrogen-bond donors (Lipinski definition) is 0. The van der Waals surface area contributed by atoms with Crippen LogP contribution in [0.15, 0.2) is 0 Å². The second-order valence-electron chi connectivity index (χ2n) is 2.77. The van der Waals surface area contributed by atoms with Gasteiger partial charge in [-0.3, -0.25) is 4.79 Å². The van der Waals surface area contributed by atoms with Gasteiger partial charge in [-0.15, -0.1) is 0 Å². The monoisotopic (exact) mass is 196 g/mol.